The molecule has 0 aliphatic carbocycles. The number of benzene rings is 2. The van der Waals surface area contributed by atoms with Crippen molar-refractivity contribution in [3.05, 3.63) is 65.7 Å². The lowest BCUT2D eigenvalue weighted by Crippen LogP contribution is -2.62. The Morgan fingerprint density at radius 1 is 1.11 bits per heavy atom. The van der Waals surface area contributed by atoms with Crippen LogP contribution < -0.4 is 4.74 Å². The summed E-state index contributed by atoms with van der Waals surface area (Å²) in [5, 5.41) is 11.3. The summed E-state index contributed by atoms with van der Waals surface area (Å²) in [6.07, 6.45) is 0.478. The summed E-state index contributed by atoms with van der Waals surface area (Å²) in [5.41, 5.74) is 0.785. The number of morpholine rings is 1. The molecule has 2 saturated heterocycles. The van der Waals surface area contributed by atoms with Crippen molar-refractivity contribution in [3.8, 4) is 5.75 Å². The Hall–Kier alpha value is -2.57. The number of methoxy groups -OCH3 is 1. The summed E-state index contributed by atoms with van der Waals surface area (Å²) in [4.78, 5) is 14.5. The van der Waals surface area contributed by atoms with E-state index in [4.69, 9.17) is 14.2 Å². The number of amides is 1. The van der Waals surface area contributed by atoms with Crippen LogP contribution >= 0.6 is 0 Å². The summed E-state index contributed by atoms with van der Waals surface area (Å²) in [6, 6.07) is 16.6. The van der Waals surface area contributed by atoms with Gasteiger partial charge >= 0.3 is 6.09 Å². The first-order valence-electron chi connectivity index (χ1n) is 9.53. The van der Waals surface area contributed by atoms with Crippen molar-refractivity contribution in [2.24, 2.45) is 0 Å². The number of carbonyl (C=O) groups excluding carboxylic acids is 1. The highest BCUT2D eigenvalue weighted by molar-refractivity contribution is 5.69. The third-order valence-corrected chi connectivity index (χ3v) is 5.60. The molecule has 0 spiro atoms. The van der Waals surface area contributed by atoms with Gasteiger partial charge in [0.25, 0.3) is 0 Å². The fourth-order valence-corrected chi connectivity index (χ4v) is 4.21. The number of fused-ring (bicyclic) bond motifs is 2. The van der Waals surface area contributed by atoms with E-state index in [1.807, 2.05) is 54.6 Å². The molecule has 4 rings (SSSR count). The van der Waals surface area contributed by atoms with Crippen molar-refractivity contribution in [3.63, 3.8) is 0 Å². The van der Waals surface area contributed by atoms with Gasteiger partial charge < -0.3 is 19.3 Å². The molecule has 1 N–H and O–H groups in total. The average molecular weight is 383 g/mol. The number of aliphatic hydroxyl groups is 1. The minimum Gasteiger partial charge on any atom is -0.497 e. The molecule has 2 aromatic carbocycles. The Labute approximate surface area is 164 Å². The molecule has 2 bridgehead atoms. The first-order chi connectivity index (χ1) is 13.6. The second-order valence-corrected chi connectivity index (χ2v) is 7.46. The van der Waals surface area contributed by atoms with Gasteiger partial charge in [0.1, 0.15) is 12.4 Å². The topological polar surface area (TPSA) is 68.2 Å². The maximum absolute atomic E-state index is 12.8. The zero-order valence-corrected chi connectivity index (χ0v) is 15.9. The number of rotatable bonds is 4. The zero-order valence-electron chi connectivity index (χ0n) is 15.9. The van der Waals surface area contributed by atoms with Crippen LogP contribution in [0.1, 0.15) is 24.0 Å². The number of carbonyl (C=O) groups is 1. The summed E-state index contributed by atoms with van der Waals surface area (Å²) in [6.45, 7) is 1.03. The Morgan fingerprint density at radius 3 is 2.36 bits per heavy atom. The van der Waals surface area contributed by atoms with Gasteiger partial charge in [0.2, 0.25) is 0 Å². The van der Waals surface area contributed by atoms with Crippen LogP contribution in [0.2, 0.25) is 0 Å². The van der Waals surface area contributed by atoms with Gasteiger partial charge in [0.15, 0.2) is 0 Å². The van der Waals surface area contributed by atoms with E-state index in [0.29, 0.717) is 26.1 Å². The van der Waals surface area contributed by atoms with Crippen molar-refractivity contribution in [1.29, 1.82) is 0 Å². The van der Waals surface area contributed by atoms with Crippen LogP contribution in [0.3, 0.4) is 0 Å². The lowest BCUT2D eigenvalue weighted by Gasteiger charge is -2.51. The second-order valence-electron chi connectivity index (χ2n) is 7.46. The van der Waals surface area contributed by atoms with E-state index < -0.39 is 5.60 Å². The summed E-state index contributed by atoms with van der Waals surface area (Å²) in [5.74, 6) is 0.748. The maximum atomic E-state index is 12.8. The van der Waals surface area contributed by atoms with Crippen molar-refractivity contribution < 1.29 is 24.1 Å². The number of hydrogen-bond acceptors (Lipinski definition) is 5. The van der Waals surface area contributed by atoms with Crippen molar-refractivity contribution in [1.82, 2.24) is 4.90 Å². The molecule has 2 atom stereocenters. The molecule has 6 heteroatoms. The third kappa shape index (κ3) is 3.70. The molecule has 0 saturated carbocycles. The summed E-state index contributed by atoms with van der Waals surface area (Å²) in [7, 11) is 1.62. The number of ether oxygens (including phenoxy) is 3. The molecule has 6 nitrogen and oxygen atoms in total. The van der Waals surface area contributed by atoms with Crippen molar-refractivity contribution in [2.45, 2.75) is 37.1 Å². The lowest BCUT2D eigenvalue weighted by atomic mass is 9.77. The SMILES string of the molecule is COc1ccc(C2(O)CC3COCC(C2)N3C(=O)OCc2ccccc2)cc1. The maximum Gasteiger partial charge on any atom is 0.410 e. The summed E-state index contributed by atoms with van der Waals surface area (Å²) >= 11 is 0. The van der Waals surface area contributed by atoms with E-state index in [-0.39, 0.29) is 24.8 Å². The van der Waals surface area contributed by atoms with Crippen LogP contribution in [0, 0.1) is 0 Å². The molecule has 2 unspecified atom stereocenters. The van der Waals surface area contributed by atoms with Crippen LogP contribution in [-0.4, -0.2) is 48.5 Å². The molecule has 1 amide bonds. The highest BCUT2D eigenvalue weighted by atomic mass is 16.6. The number of hydrogen-bond donors (Lipinski definition) is 1. The molecule has 0 aromatic heterocycles. The molecule has 0 radical (unpaired) electrons. The van der Waals surface area contributed by atoms with Crippen LogP contribution in [0.5, 0.6) is 5.75 Å². The van der Waals surface area contributed by atoms with Gasteiger partial charge in [-0.3, -0.25) is 4.90 Å². The summed E-state index contributed by atoms with van der Waals surface area (Å²) < 4.78 is 16.4. The predicted molar refractivity (Wildman–Crippen MR) is 103 cm³/mol. The monoisotopic (exact) mass is 383 g/mol. The molecule has 2 fully saturated rings. The van der Waals surface area contributed by atoms with Gasteiger partial charge in [-0.25, -0.2) is 4.79 Å². The zero-order chi connectivity index (χ0) is 19.6. The second kappa shape index (κ2) is 7.81. The van der Waals surface area contributed by atoms with Gasteiger partial charge in [0.05, 0.1) is 38.0 Å². The van der Waals surface area contributed by atoms with Crippen LogP contribution in [-0.2, 0) is 21.7 Å². The Bertz CT molecular complexity index is 793. The first kappa shape index (κ1) is 18.8. The highest BCUT2D eigenvalue weighted by Crippen LogP contribution is 2.41. The molecular weight excluding hydrogens is 358 g/mol. The molecule has 28 heavy (non-hydrogen) atoms. The predicted octanol–water partition coefficient (Wildman–Crippen LogP) is 3.08. The van der Waals surface area contributed by atoms with E-state index in [2.05, 4.69) is 0 Å². The number of nitrogens with zero attached hydrogens (tertiary/aromatic N) is 1. The molecule has 2 aliphatic heterocycles. The third-order valence-electron chi connectivity index (χ3n) is 5.60. The smallest absolute Gasteiger partial charge is 0.410 e. The fraction of sp³-hybridized carbons (Fsp3) is 0.409. The Morgan fingerprint density at radius 2 is 1.75 bits per heavy atom. The van der Waals surface area contributed by atoms with Gasteiger partial charge in [0, 0.05) is 12.8 Å². The van der Waals surface area contributed by atoms with Crippen LogP contribution in [0.4, 0.5) is 4.79 Å². The van der Waals surface area contributed by atoms with Crippen LogP contribution in [0.25, 0.3) is 0 Å². The van der Waals surface area contributed by atoms with Crippen LogP contribution in [0.15, 0.2) is 54.6 Å². The lowest BCUT2D eigenvalue weighted by molar-refractivity contribution is -0.136. The highest BCUT2D eigenvalue weighted by Gasteiger charge is 2.49. The minimum absolute atomic E-state index is 0.220. The molecule has 2 heterocycles. The van der Waals surface area contributed by atoms with Gasteiger partial charge in [-0.15, -0.1) is 0 Å². The standard InChI is InChI=1S/C22H25NO5/c1-26-20-9-7-17(8-10-20)22(25)11-18-14-27-15-19(12-22)23(18)21(24)28-13-16-5-3-2-4-6-16/h2-10,18-19,25H,11-15H2,1H3. The molecule has 2 aliphatic rings. The molecule has 148 valence electrons. The first-order valence-corrected chi connectivity index (χ1v) is 9.53. The van der Waals surface area contributed by atoms with E-state index in [1.54, 1.807) is 12.0 Å². The van der Waals surface area contributed by atoms with Gasteiger partial charge in [-0.1, -0.05) is 42.5 Å². The quantitative estimate of drug-likeness (QED) is 0.879. The normalized spacial score (nSPS) is 26.6. The van der Waals surface area contributed by atoms with E-state index in [9.17, 15) is 9.90 Å². The minimum atomic E-state index is -0.998. The average Bonchev–Trinajstić information content (AvgIpc) is 2.72. The van der Waals surface area contributed by atoms with Gasteiger partial charge in [-0.2, -0.15) is 0 Å². The van der Waals surface area contributed by atoms with Gasteiger partial charge in [-0.05, 0) is 23.3 Å². The number of piperidine rings is 1. The van der Waals surface area contributed by atoms with E-state index >= 15 is 0 Å². The van der Waals surface area contributed by atoms with Crippen molar-refractivity contribution in [2.75, 3.05) is 20.3 Å². The molecular formula is C22H25NO5. The fourth-order valence-electron chi connectivity index (χ4n) is 4.21. The van der Waals surface area contributed by atoms with E-state index in [0.717, 1.165) is 16.9 Å². The Balaban J connectivity index is 1.47. The van der Waals surface area contributed by atoms with Crippen molar-refractivity contribution >= 4 is 6.09 Å². The van der Waals surface area contributed by atoms with E-state index in [1.165, 1.54) is 0 Å². The molecule has 2 aromatic rings. The largest absolute Gasteiger partial charge is 0.497 e. The Kier molecular flexibility index (Phi) is 5.24.